The second-order valence-corrected chi connectivity index (χ2v) is 10.2. The minimum absolute atomic E-state index is 0.123. The topological polar surface area (TPSA) is 68.2 Å². The monoisotopic (exact) mass is 458 g/mol. The number of aryl methyl sites for hydroxylation is 2. The number of anilines is 1. The second kappa shape index (κ2) is 7.91. The van der Waals surface area contributed by atoms with E-state index in [0.29, 0.717) is 27.5 Å². The molecule has 4 aromatic rings. The maximum Gasteiger partial charge on any atom is 0.308 e. The molecule has 1 aromatic heterocycles. The predicted molar refractivity (Wildman–Crippen MR) is 123 cm³/mol. The van der Waals surface area contributed by atoms with Gasteiger partial charge in [-0.1, -0.05) is 53.3 Å². The highest BCUT2D eigenvalue weighted by atomic mass is 35.5. The minimum atomic E-state index is -3.79. The summed E-state index contributed by atoms with van der Waals surface area (Å²) in [6, 6.07) is 17.7. The normalized spacial score (nSPS) is 11.7. The lowest BCUT2D eigenvalue weighted by molar-refractivity contribution is 0.601. The van der Waals surface area contributed by atoms with Crippen molar-refractivity contribution in [2.45, 2.75) is 25.3 Å². The number of hydrogen-bond acceptors (Lipinski definition) is 4. The average molecular weight is 459 g/mol. The Bertz CT molecular complexity index is 1380. The molecule has 0 saturated heterocycles. The van der Waals surface area contributed by atoms with Crippen molar-refractivity contribution in [3.63, 3.8) is 0 Å². The molecule has 1 heterocycles. The number of halogens is 1. The fourth-order valence-electron chi connectivity index (χ4n) is 3.30. The molecule has 0 atom stereocenters. The quantitative estimate of drug-likeness (QED) is 0.448. The molecule has 3 aromatic carbocycles. The van der Waals surface area contributed by atoms with Gasteiger partial charge in [0.2, 0.25) is 0 Å². The first-order valence-electron chi connectivity index (χ1n) is 9.21. The first-order valence-corrected chi connectivity index (χ1v) is 11.9. The van der Waals surface area contributed by atoms with Gasteiger partial charge in [-0.3, -0.25) is 14.1 Å². The summed E-state index contributed by atoms with van der Waals surface area (Å²) in [5, 5.41) is 0.632. The van der Waals surface area contributed by atoms with Gasteiger partial charge in [0, 0.05) is 5.02 Å². The van der Waals surface area contributed by atoms with Gasteiger partial charge in [-0.05, 0) is 60.9 Å². The molecule has 0 aliphatic rings. The van der Waals surface area contributed by atoms with Crippen molar-refractivity contribution in [3.05, 3.63) is 92.0 Å². The first kappa shape index (κ1) is 20.7. The molecular formula is C22H19ClN2O3S2. The summed E-state index contributed by atoms with van der Waals surface area (Å²) in [5.41, 5.74) is 3.91. The Kier molecular flexibility index (Phi) is 5.44. The zero-order valence-corrected chi connectivity index (χ0v) is 18.7. The third kappa shape index (κ3) is 4.01. The maximum atomic E-state index is 13.0. The van der Waals surface area contributed by atoms with Crippen LogP contribution >= 0.6 is 22.9 Å². The molecule has 5 nitrogen and oxygen atoms in total. The molecule has 0 radical (unpaired) electrons. The van der Waals surface area contributed by atoms with E-state index in [0.717, 1.165) is 28.0 Å². The van der Waals surface area contributed by atoms with Crippen LogP contribution in [0.3, 0.4) is 0 Å². The van der Waals surface area contributed by atoms with Crippen LogP contribution in [0.4, 0.5) is 5.69 Å². The number of sulfonamides is 1. The molecule has 0 fully saturated rings. The van der Waals surface area contributed by atoms with E-state index in [1.165, 1.54) is 6.07 Å². The number of benzene rings is 3. The van der Waals surface area contributed by atoms with Gasteiger partial charge in [0.05, 0.1) is 27.3 Å². The zero-order chi connectivity index (χ0) is 21.5. The molecule has 0 unspecified atom stereocenters. The minimum Gasteiger partial charge on any atom is -0.294 e. The Morgan fingerprint density at radius 1 is 1.00 bits per heavy atom. The van der Waals surface area contributed by atoms with Crippen LogP contribution in [0.2, 0.25) is 5.02 Å². The number of nitrogens with zero attached hydrogens (tertiary/aromatic N) is 1. The Labute approximate surface area is 183 Å². The molecule has 4 rings (SSSR count). The van der Waals surface area contributed by atoms with Crippen molar-refractivity contribution in [2.24, 2.45) is 0 Å². The molecule has 8 heteroatoms. The number of rotatable bonds is 5. The molecule has 0 aliphatic heterocycles. The van der Waals surface area contributed by atoms with Gasteiger partial charge in [0.15, 0.2) is 0 Å². The average Bonchev–Trinajstić information content (AvgIpc) is 3.01. The number of aromatic nitrogens is 1. The van der Waals surface area contributed by atoms with Gasteiger partial charge in [-0.2, -0.15) is 0 Å². The van der Waals surface area contributed by atoms with E-state index in [9.17, 15) is 13.2 Å². The third-order valence-electron chi connectivity index (χ3n) is 4.92. The number of nitrogens with one attached hydrogen (secondary N) is 1. The van der Waals surface area contributed by atoms with E-state index in [1.54, 1.807) is 28.8 Å². The number of fused-ring (bicyclic) bond motifs is 1. The zero-order valence-electron chi connectivity index (χ0n) is 16.3. The smallest absolute Gasteiger partial charge is 0.294 e. The summed E-state index contributed by atoms with van der Waals surface area (Å²) in [4.78, 5) is 12.5. The fraction of sp³-hybridized carbons (Fsp3) is 0.136. The van der Waals surface area contributed by atoms with Crippen molar-refractivity contribution in [3.8, 4) is 0 Å². The van der Waals surface area contributed by atoms with Crippen molar-refractivity contribution >= 4 is 48.9 Å². The molecule has 1 N–H and O–H groups in total. The number of para-hydroxylation sites is 1. The van der Waals surface area contributed by atoms with Crippen molar-refractivity contribution < 1.29 is 8.42 Å². The fourth-order valence-corrected chi connectivity index (χ4v) is 5.66. The summed E-state index contributed by atoms with van der Waals surface area (Å²) in [6.07, 6.45) is 0. The van der Waals surface area contributed by atoms with Crippen LogP contribution < -0.4 is 9.60 Å². The Morgan fingerprint density at radius 3 is 2.33 bits per heavy atom. The van der Waals surface area contributed by atoms with Crippen LogP contribution in [0.5, 0.6) is 0 Å². The van der Waals surface area contributed by atoms with Gasteiger partial charge in [-0.25, -0.2) is 8.42 Å². The first-order chi connectivity index (χ1) is 14.2. The van der Waals surface area contributed by atoms with Gasteiger partial charge >= 0.3 is 4.87 Å². The third-order valence-corrected chi connectivity index (χ3v) is 7.46. The van der Waals surface area contributed by atoms with Crippen molar-refractivity contribution in [1.82, 2.24) is 4.57 Å². The Morgan fingerprint density at radius 2 is 1.67 bits per heavy atom. The lowest BCUT2D eigenvalue weighted by Gasteiger charge is -2.13. The maximum absolute atomic E-state index is 13.0. The number of thiazole rings is 1. The lowest BCUT2D eigenvalue weighted by Crippen LogP contribution is -2.15. The van der Waals surface area contributed by atoms with Gasteiger partial charge in [-0.15, -0.1) is 0 Å². The van der Waals surface area contributed by atoms with E-state index in [2.05, 4.69) is 4.72 Å². The standard InChI is InChI=1S/C22H19ClN2O3S2/c1-14-4-3-5-15(2)21(14)24-30(27,28)18-10-11-19-20(12-18)29-22(26)25(19)13-16-6-8-17(23)9-7-16/h3-12,24H,13H2,1-2H3. The van der Waals surface area contributed by atoms with Crippen LogP contribution in [-0.2, 0) is 16.6 Å². The van der Waals surface area contributed by atoms with E-state index in [-0.39, 0.29) is 9.77 Å². The van der Waals surface area contributed by atoms with E-state index < -0.39 is 10.0 Å². The summed E-state index contributed by atoms with van der Waals surface area (Å²) < 4.78 is 30.9. The molecule has 30 heavy (non-hydrogen) atoms. The highest BCUT2D eigenvalue weighted by Crippen LogP contribution is 2.27. The largest absolute Gasteiger partial charge is 0.308 e. The molecule has 0 amide bonds. The SMILES string of the molecule is Cc1cccc(C)c1NS(=O)(=O)c1ccc2c(c1)sc(=O)n2Cc1ccc(Cl)cc1. The highest BCUT2D eigenvalue weighted by Gasteiger charge is 2.19. The molecule has 0 bridgehead atoms. The summed E-state index contributed by atoms with van der Waals surface area (Å²) in [7, 11) is -3.79. The van der Waals surface area contributed by atoms with Crippen LogP contribution in [0.15, 0.2) is 70.4 Å². The van der Waals surface area contributed by atoms with Crippen molar-refractivity contribution in [2.75, 3.05) is 4.72 Å². The number of hydrogen-bond donors (Lipinski definition) is 1. The molecule has 0 aliphatic carbocycles. The molecule has 0 saturated carbocycles. The van der Waals surface area contributed by atoms with Crippen LogP contribution in [0.1, 0.15) is 16.7 Å². The predicted octanol–water partition coefficient (Wildman–Crippen LogP) is 5.18. The second-order valence-electron chi connectivity index (χ2n) is 7.08. The van der Waals surface area contributed by atoms with Crippen molar-refractivity contribution in [1.29, 1.82) is 0 Å². The lowest BCUT2D eigenvalue weighted by atomic mass is 10.1. The highest BCUT2D eigenvalue weighted by molar-refractivity contribution is 7.92. The van der Waals surface area contributed by atoms with Gasteiger partial charge in [0.1, 0.15) is 0 Å². The Hall–Kier alpha value is -2.61. The molecule has 154 valence electrons. The van der Waals surface area contributed by atoms with E-state index in [4.69, 9.17) is 11.6 Å². The molecular weight excluding hydrogens is 440 g/mol. The van der Waals surface area contributed by atoms with E-state index in [1.807, 2.05) is 44.2 Å². The van der Waals surface area contributed by atoms with E-state index >= 15 is 0 Å². The summed E-state index contributed by atoms with van der Waals surface area (Å²) in [6.45, 7) is 4.11. The van der Waals surface area contributed by atoms with Gasteiger partial charge < -0.3 is 0 Å². The van der Waals surface area contributed by atoms with Crippen LogP contribution in [-0.4, -0.2) is 13.0 Å². The van der Waals surface area contributed by atoms with Crippen LogP contribution in [0, 0.1) is 13.8 Å². The van der Waals surface area contributed by atoms with Crippen LogP contribution in [0.25, 0.3) is 10.2 Å². The molecule has 0 spiro atoms. The van der Waals surface area contributed by atoms with Gasteiger partial charge in [0.25, 0.3) is 10.0 Å². The summed E-state index contributed by atoms with van der Waals surface area (Å²) in [5.74, 6) is 0. The summed E-state index contributed by atoms with van der Waals surface area (Å²) >= 11 is 6.96. The Balaban J connectivity index is 1.70.